The smallest absolute Gasteiger partial charge is 0.231 e. The van der Waals surface area contributed by atoms with E-state index < -0.39 is 5.41 Å². The molecule has 1 aliphatic rings. The summed E-state index contributed by atoms with van der Waals surface area (Å²) in [6.45, 7) is 4.35. The highest BCUT2D eigenvalue weighted by Gasteiger charge is 2.33. The molecule has 0 saturated heterocycles. The molecule has 25 heavy (non-hydrogen) atoms. The van der Waals surface area contributed by atoms with Crippen LogP contribution in [0.2, 0.25) is 0 Å². The van der Waals surface area contributed by atoms with Crippen molar-refractivity contribution in [2.45, 2.75) is 45.4 Å². The second kappa shape index (κ2) is 8.02. The molecule has 1 fully saturated rings. The predicted molar refractivity (Wildman–Crippen MR) is 102 cm³/mol. The fourth-order valence-electron chi connectivity index (χ4n) is 2.87. The van der Waals surface area contributed by atoms with Crippen LogP contribution in [0.5, 0.6) is 0 Å². The number of amides is 1. The van der Waals surface area contributed by atoms with Gasteiger partial charge in [-0.25, -0.2) is 4.98 Å². The van der Waals surface area contributed by atoms with Gasteiger partial charge in [0.15, 0.2) is 11.7 Å². The molecule has 1 aromatic carbocycles. The summed E-state index contributed by atoms with van der Waals surface area (Å²) in [7, 11) is 0. The fourth-order valence-corrected chi connectivity index (χ4v) is 2.87. The van der Waals surface area contributed by atoms with Crippen LogP contribution in [0.3, 0.4) is 0 Å². The highest BCUT2D eigenvalue weighted by atomic mass is 35.5. The second-order valence-corrected chi connectivity index (χ2v) is 6.56. The van der Waals surface area contributed by atoms with Gasteiger partial charge in [-0.15, -0.1) is 12.4 Å². The third-order valence-electron chi connectivity index (χ3n) is 5.10. The molecular weight excluding hydrogens is 338 g/mol. The molecule has 0 radical (unpaired) electrons. The number of rotatable bonds is 7. The SMILES string of the molecule is CCC(CC)(CN)C(=O)Nc1ccc(-c2cnc(C3CC3)o2)cc1.Cl. The highest BCUT2D eigenvalue weighted by Crippen LogP contribution is 2.40. The first kappa shape index (κ1) is 19.5. The fraction of sp³-hybridized carbons (Fsp3) is 0.474. The van der Waals surface area contributed by atoms with Crippen LogP contribution in [0.25, 0.3) is 11.3 Å². The van der Waals surface area contributed by atoms with Crippen LogP contribution in [0.4, 0.5) is 5.69 Å². The number of oxazole rings is 1. The third-order valence-corrected chi connectivity index (χ3v) is 5.10. The third kappa shape index (κ3) is 4.05. The number of nitrogens with two attached hydrogens (primary N) is 1. The molecule has 1 heterocycles. The van der Waals surface area contributed by atoms with Crippen molar-refractivity contribution < 1.29 is 9.21 Å². The summed E-state index contributed by atoms with van der Waals surface area (Å²) < 4.78 is 5.81. The lowest BCUT2D eigenvalue weighted by atomic mass is 9.81. The molecule has 3 rings (SSSR count). The lowest BCUT2D eigenvalue weighted by Gasteiger charge is -2.28. The number of nitrogens with zero attached hydrogens (tertiary/aromatic N) is 1. The van der Waals surface area contributed by atoms with Gasteiger partial charge in [-0.1, -0.05) is 13.8 Å². The minimum atomic E-state index is -0.497. The summed E-state index contributed by atoms with van der Waals surface area (Å²) in [6, 6.07) is 7.65. The Kier molecular flexibility index (Phi) is 6.25. The van der Waals surface area contributed by atoms with Crippen molar-refractivity contribution >= 4 is 24.0 Å². The largest absolute Gasteiger partial charge is 0.440 e. The normalized spacial score (nSPS) is 14.0. The molecule has 5 nitrogen and oxygen atoms in total. The van der Waals surface area contributed by atoms with E-state index in [4.69, 9.17) is 10.2 Å². The maximum absolute atomic E-state index is 12.5. The standard InChI is InChI=1S/C19H25N3O2.ClH/c1-3-19(4-2,12-20)18(23)22-15-9-7-13(8-10-15)16-11-21-17(24-16)14-5-6-14;/h7-11,14H,3-6,12,20H2,1-2H3,(H,22,23);1H. The molecule has 1 aliphatic carbocycles. The van der Waals surface area contributed by atoms with Crippen molar-refractivity contribution in [3.8, 4) is 11.3 Å². The number of benzene rings is 1. The average Bonchev–Trinajstić information content (AvgIpc) is 3.35. The number of nitrogens with one attached hydrogen (secondary N) is 1. The summed E-state index contributed by atoms with van der Waals surface area (Å²) >= 11 is 0. The Morgan fingerprint density at radius 1 is 1.28 bits per heavy atom. The van der Waals surface area contributed by atoms with Crippen molar-refractivity contribution in [1.29, 1.82) is 0 Å². The molecule has 0 spiro atoms. The first-order valence-electron chi connectivity index (χ1n) is 8.69. The Hall–Kier alpha value is -1.85. The van der Waals surface area contributed by atoms with E-state index in [0.717, 1.165) is 35.7 Å². The van der Waals surface area contributed by atoms with E-state index in [0.29, 0.717) is 12.5 Å². The Bertz CT molecular complexity index is 695. The molecule has 136 valence electrons. The number of halogens is 1. The Labute approximate surface area is 154 Å². The van der Waals surface area contributed by atoms with Crippen molar-refractivity contribution in [2.24, 2.45) is 11.1 Å². The van der Waals surface area contributed by atoms with Gasteiger partial charge in [0.2, 0.25) is 5.91 Å². The topological polar surface area (TPSA) is 81.2 Å². The Morgan fingerprint density at radius 3 is 2.44 bits per heavy atom. The van der Waals surface area contributed by atoms with E-state index in [1.807, 2.05) is 38.1 Å². The van der Waals surface area contributed by atoms with Gasteiger partial charge in [0.1, 0.15) is 0 Å². The van der Waals surface area contributed by atoms with Gasteiger partial charge in [-0.3, -0.25) is 4.79 Å². The Morgan fingerprint density at radius 2 is 1.92 bits per heavy atom. The minimum absolute atomic E-state index is 0. The quantitative estimate of drug-likeness (QED) is 0.766. The Balaban J connectivity index is 0.00000225. The average molecular weight is 364 g/mol. The van der Waals surface area contributed by atoms with E-state index in [2.05, 4.69) is 10.3 Å². The summed E-state index contributed by atoms with van der Waals surface area (Å²) in [5.41, 5.74) is 7.07. The van der Waals surface area contributed by atoms with Crippen LogP contribution in [-0.2, 0) is 4.79 Å². The van der Waals surface area contributed by atoms with Crippen LogP contribution in [-0.4, -0.2) is 17.4 Å². The second-order valence-electron chi connectivity index (χ2n) is 6.56. The molecule has 0 aliphatic heterocycles. The number of hydrogen-bond donors (Lipinski definition) is 2. The molecule has 6 heteroatoms. The monoisotopic (exact) mass is 363 g/mol. The van der Waals surface area contributed by atoms with Crippen molar-refractivity contribution in [2.75, 3.05) is 11.9 Å². The van der Waals surface area contributed by atoms with Gasteiger partial charge in [-0.05, 0) is 49.9 Å². The van der Waals surface area contributed by atoms with E-state index in [-0.39, 0.29) is 18.3 Å². The number of carbonyl (C=O) groups excluding carboxylic acids is 1. The molecule has 1 aromatic heterocycles. The summed E-state index contributed by atoms with van der Waals surface area (Å²) in [6.07, 6.45) is 5.57. The van der Waals surface area contributed by atoms with E-state index in [9.17, 15) is 4.79 Å². The molecular formula is C19H26ClN3O2. The zero-order valence-electron chi connectivity index (χ0n) is 14.7. The summed E-state index contributed by atoms with van der Waals surface area (Å²) in [5, 5.41) is 2.98. The van der Waals surface area contributed by atoms with E-state index >= 15 is 0 Å². The summed E-state index contributed by atoms with van der Waals surface area (Å²) in [5.74, 6) is 2.09. The van der Waals surface area contributed by atoms with Gasteiger partial charge >= 0.3 is 0 Å². The highest BCUT2D eigenvalue weighted by molar-refractivity contribution is 5.95. The van der Waals surface area contributed by atoms with Crippen LogP contribution in [0.15, 0.2) is 34.9 Å². The molecule has 0 unspecified atom stereocenters. The zero-order chi connectivity index (χ0) is 17.2. The number of anilines is 1. The maximum atomic E-state index is 12.5. The van der Waals surface area contributed by atoms with Crippen molar-refractivity contribution in [3.63, 3.8) is 0 Å². The van der Waals surface area contributed by atoms with Gasteiger partial charge in [0.05, 0.1) is 11.6 Å². The zero-order valence-corrected chi connectivity index (χ0v) is 15.6. The first-order valence-corrected chi connectivity index (χ1v) is 8.69. The van der Waals surface area contributed by atoms with E-state index in [1.165, 1.54) is 12.8 Å². The minimum Gasteiger partial charge on any atom is -0.440 e. The summed E-state index contributed by atoms with van der Waals surface area (Å²) in [4.78, 5) is 16.9. The maximum Gasteiger partial charge on any atom is 0.231 e. The van der Waals surface area contributed by atoms with E-state index in [1.54, 1.807) is 6.20 Å². The number of aromatic nitrogens is 1. The van der Waals surface area contributed by atoms with Crippen LogP contribution < -0.4 is 11.1 Å². The van der Waals surface area contributed by atoms with Crippen LogP contribution in [0.1, 0.15) is 51.3 Å². The van der Waals surface area contributed by atoms with Crippen molar-refractivity contribution in [3.05, 3.63) is 36.4 Å². The lowest BCUT2D eigenvalue weighted by molar-refractivity contribution is -0.125. The van der Waals surface area contributed by atoms with Crippen LogP contribution in [0, 0.1) is 5.41 Å². The van der Waals surface area contributed by atoms with Gasteiger partial charge in [0.25, 0.3) is 0 Å². The number of carbonyl (C=O) groups is 1. The molecule has 0 atom stereocenters. The van der Waals surface area contributed by atoms with Crippen LogP contribution >= 0.6 is 12.4 Å². The molecule has 3 N–H and O–H groups in total. The molecule has 1 amide bonds. The molecule has 0 bridgehead atoms. The molecule has 2 aromatic rings. The number of hydrogen-bond acceptors (Lipinski definition) is 4. The lowest BCUT2D eigenvalue weighted by Crippen LogP contribution is -2.41. The van der Waals surface area contributed by atoms with Gasteiger partial charge in [0, 0.05) is 23.7 Å². The van der Waals surface area contributed by atoms with Gasteiger partial charge < -0.3 is 15.5 Å². The van der Waals surface area contributed by atoms with Crippen molar-refractivity contribution in [1.82, 2.24) is 4.98 Å². The molecule has 1 saturated carbocycles. The van der Waals surface area contributed by atoms with Gasteiger partial charge in [-0.2, -0.15) is 0 Å². The first-order chi connectivity index (χ1) is 11.6. The predicted octanol–water partition coefficient (Wildman–Crippen LogP) is 4.34.